The molecule has 0 bridgehead atoms. The lowest BCUT2D eigenvalue weighted by Crippen LogP contribution is -2.36. The smallest absolute Gasteiger partial charge is 0.228 e. The summed E-state index contributed by atoms with van der Waals surface area (Å²) in [4.78, 5) is 32.5. The summed E-state index contributed by atoms with van der Waals surface area (Å²) in [6.45, 7) is 2.48. The van der Waals surface area contributed by atoms with Gasteiger partial charge in [-0.2, -0.15) is 0 Å². The number of nitrogens with one attached hydrogen (secondary N) is 1. The number of amides is 2. The monoisotopic (exact) mass is 378 g/mol. The van der Waals surface area contributed by atoms with Crippen LogP contribution in [-0.2, 0) is 16.0 Å². The first kappa shape index (κ1) is 19.3. The number of hydrogen-bond donors (Lipinski definition) is 1. The minimum Gasteiger partial charge on any atom is -0.356 e. The second-order valence-electron chi connectivity index (χ2n) is 7.42. The lowest BCUT2D eigenvalue weighted by molar-refractivity contribution is -0.120. The summed E-state index contributed by atoms with van der Waals surface area (Å²) in [5, 5.41) is 5.61. The van der Waals surface area contributed by atoms with Gasteiger partial charge in [0.05, 0.1) is 12.1 Å². The molecule has 0 spiro atoms. The van der Waals surface area contributed by atoms with Gasteiger partial charge in [-0.1, -0.05) is 19.3 Å². The van der Waals surface area contributed by atoms with Crippen molar-refractivity contribution in [2.24, 2.45) is 0 Å². The zero-order valence-corrected chi connectivity index (χ0v) is 16.5. The maximum atomic E-state index is 12.1. The van der Waals surface area contributed by atoms with E-state index in [9.17, 15) is 9.59 Å². The quantitative estimate of drug-likeness (QED) is 0.706. The van der Waals surface area contributed by atoms with Gasteiger partial charge in [0.15, 0.2) is 5.13 Å². The lowest BCUT2D eigenvalue weighted by atomic mass is 9.94. The standard InChI is InChI=1S/C19H30N4O2S/c1-22(16-7-3-2-4-8-16)11-6-10-20-17(24)13-15-14-26-19(21-15)23-12-5-9-18(23)25/h14,16H,2-13H2,1H3,(H,20,24). The number of rotatable bonds is 8. The van der Waals surface area contributed by atoms with Crippen molar-refractivity contribution in [2.75, 3.05) is 31.6 Å². The average Bonchev–Trinajstić information content (AvgIpc) is 3.28. The largest absolute Gasteiger partial charge is 0.356 e. The van der Waals surface area contributed by atoms with Gasteiger partial charge in [0.1, 0.15) is 0 Å². The van der Waals surface area contributed by atoms with Gasteiger partial charge >= 0.3 is 0 Å². The van der Waals surface area contributed by atoms with E-state index in [2.05, 4.69) is 22.2 Å². The molecule has 1 saturated heterocycles. The van der Waals surface area contributed by atoms with Crippen LogP contribution in [0.5, 0.6) is 0 Å². The van der Waals surface area contributed by atoms with Crippen LogP contribution in [0.1, 0.15) is 57.1 Å². The summed E-state index contributed by atoms with van der Waals surface area (Å²) in [6.07, 6.45) is 9.47. The van der Waals surface area contributed by atoms with Crippen molar-refractivity contribution in [3.05, 3.63) is 11.1 Å². The number of anilines is 1. The highest BCUT2D eigenvalue weighted by atomic mass is 32.1. The minimum absolute atomic E-state index is 0.00918. The Hall–Kier alpha value is -1.47. The van der Waals surface area contributed by atoms with Crippen LogP contribution in [0.25, 0.3) is 0 Å². The molecule has 3 rings (SSSR count). The molecule has 1 aliphatic heterocycles. The molecule has 1 N–H and O–H groups in total. The molecular weight excluding hydrogens is 348 g/mol. The van der Waals surface area contributed by atoms with Gasteiger partial charge in [-0.25, -0.2) is 4.98 Å². The van der Waals surface area contributed by atoms with Crippen LogP contribution in [0.2, 0.25) is 0 Å². The minimum atomic E-state index is 0.00918. The number of carbonyl (C=O) groups excluding carboxylic acids is 2. The summed E-state index contributed by atoms with van der Waals surface area (Å²) < 4.78 is 0. The van der Waals surface area contributed by atoms with E-state index >= 15 is 0 Å². The average molecular weight is 379 g/mol. The van der Waals surface area contributed by atoms with E-state index in [0.717, 1.165) is 42.8 Å². The molecule has 0 atom stereocenters. The van der Waals surface area contributed by atoms with Gasteiger partial charge in [0.2, 0.25) is 11.8 Å². The number of aromatic nitrogens is 1. The van der Waals surface area contributed by atoms with Crippen LogP contribution in [-0.4, -0.2) is 54.4 Å². The first-order valence-corrected chi connectivity index (χ1v) is 10.7. The van der Waals surface area contributed by atoms with Crippen LogP contribution in [0, 0.1) is 0 Å². The van der Waals surface area contributed by atoms with E-state index in [-0.39, 0.29) is 18.2 Å². The fraction of sp³-hybridized carbons (Fsp3) is 0.737. The molecule has 2 heterocycles. The third kappa shape index (κ3) is 5.27. The van der Waals surface area contributed by atoms with Crippen molar-refractivity contribution in [1.82, 2.24) is 15.2 Å². The Morgan fingerprint density at radius 2 is 2.15 bits per heavy atom. The Bertz CT molecular complexity index is 612. The van der Waals surface area contributed by atoms with Crippen molar-refractivity contribution in [2.45, 2.75) is 63.8 Å². The molecule has 6 nitrogen and oxygen atoms in total. The van der Waals surface area contributed by atoms with Gasteiger partial charge in [-0.15, -0.1) is 11.3 Å². The van der Waals surface area contributed by atoms with E-state index < -0.39 is 0 Å². The molecule has 1 saturated carbocycles. The van der Waals surface area contributed by atoms with Crippen molar-refractivity contribution >= 4 is 28.3 Å². The third-order valence-electron chi connectivity index (χ3n) is 5.39. The molecule has 0 unspecified atom stereocenters. The fourth-order valence-electron chi connectivity index (χ4n) is 3.84. The molecule has 1 aromatic rings. The summed E-state index contributed by atoms with van der Waals surface area (Å²) in [5.41, 5.74) is 0.751. The summed E-state index contributed by atoms with van der Waals surface area (Å²) >= 11 is 1.45. The molecule has 2 aliphatic rings. The molecule has 0 aromatic carbocycles. The van der Waals surface area contributed by atoms with Crippen molar-refractivity contribution < 1.29 is 9.59 Å². The molecule has 0 radical (unpaired) electrons. The topological polar surface area (TPSA) is 65.5 Å². The predicted molar refractivity (Wildman–Crippen MR) is 105 cm³/mol. The van der Waals surface area contributed by atoms with E-state index in [0.29, 0.717) is 13.0 Å². The predicted octanol–water partition coefficient (Wildman–Crippen LogP) is 2.58. The maximum Gasteiger partial charge on any atom is 0.228 e. The fourth-order valence-corrected chi connectivity index (χ4v) is 4.71. The molecule has 7 heteroatoms. The Morgan fingerprint density at radius 3 is 2.88 bits per heavy atom. The van der Waals surface area contributed by atoms with Crippen molar-refractivity contribution in [1.29, 1.82) is 0 Å². The highest BCUT2D eigenvalue weighted by Crippen LogP contribution is 2.25. The number of nitrogens with zero attached hydrogens (tertiary/aromatic N) is 3. The number of carbonyl (C=O) groups is 2. The molecule has 1 aliphatic carbocycles. The van der Waals surface area contributed by atoms with Gasteiger partial charge in [0.25, 0.3) is 0 Å². The molecule has 1 aromatic heterocycles. The highest BCUT2D eigenvalue weighted by Gasteiger charge is 2.24. The summed E-state index contributed by atoms with van der Waals surface area (Å²) in [6, 6.07) is 0.723. The first-order chi connectivity index (χ1) is 12.6. The van der Waals surface area contributed by atoms with E-state index in [1.807, 2.05) is 5.38 Å². The van der Waals surface area contributed by atoms with Crippen LogP contribution in [0.3, 0.4) is 0 Å². The second-order valence-corrected chi connectivity index (χ2v) is 8.26. The normalized spacial score (nSPS) is 18.7. The highest BCUT2D eigenvalue weighted by molar-refractivity contribution is 7.14. The second kappa shape index (κ2) is 9.46. The molecule has 26 heavy (non-hydrogen) atoms. The van der Waals surface area contributed by atoms with Crippen molar-refractivity contribution in [3.8, 4) is 0 Å². The van der Waals surface area contributed by atoms with Crippen LogP contribution in [0.15, 0.2) is 5.38 Å². The van der Waals surface area contributed by atoms with Gasteiger partial charge in [-0.3, -0.25) is 14.5 Å². The molecule has 2 amide bonds. The summed E-state index contributed by atoms with van der Waals surface area (Å²) in [5.74, 6) is 0.146. The molecular formula is C19H30N4O2S. The third-order valence-corrected chi connectivity index (χ3v) is 6.31. The van der Waals surface area contributed by atoms with Gasteiger partial charge in [-0.05, 0) is 39.3 Å². The zero-order chi connectivity index (χ0) is 18.4. The maximum absolute atomic E-state index is 12.1. The van der Waals surface area contributed by atoms with E-state index in [1.165, 1.54) is 43.4 Å². The van der Waals surface area contributed by atoms with E-state index in [4.69, 9.17) is 0 Å². The van der Waals surface area contributed by atoms with Crippen LogP contribution in [0.4, 0.5) is 5.13 Å². The van der Waals surface area contributed by atoms with Crippen LogP contribution >= 0.6 is 11.3 Å². The lowest BCUT2D eigenvalue weighted by Gasteiger charge is -2.31. The van der Waals surface area contributed by atoms with E-state index in [1.54, 1.807) is 4.90 Å². The van der Waals surface area contributed by atoms with Gasteiger partial charge in [0, 0.05) is 30.9 Å². The Balaban J connectivity index is 1.34. The van der Waals surface area contributed by atoms with Crippen LogP contribution < -0.4 is 10.2 Å². The van der Waals surface area contributed by atoms with Gasteiger partial charge < -0.3 is 10.2 Å². The summed E-state index contributed by atoms with van der Waals surface area (Å²) in [7, 11) is 2.20. The Kier molecular flexibility index (Phi) is 7.02. The Labute approximate surface area is 160 Å². The van der Waals surface area contributed by atoms with Crippen molar-refractivity contribution in [3.63, 3.8) is 0 Å². The Morgan fingerprint density at radius 1 is 1.35 bits per heavy atom. The molecule has 2 fully saturated rings. The number of thiazole rings is 1. The first-order valence-electron chi connectivity index (χ1n) is 9.85. The SMILES string of the molecule is CN(CCCNC(=O)Cc1csc(N2CCCC2=O)n1)C1CCCCC1. The molecule has 144 valence electrons. The number of hydrogen-bond acceptors (Lipinski definition) is 5. The zero-order valence-electron chi connectivity index (χ0n) is 15.7.